The third-order valence-electron chi connectivity index (χ3n) is 3.73. The van der Waals surface area contributed by atoms with Gasteiger partial charge in [-0.1, -0.05) is 0 Å². The van der Waals surface area contributed by atoms with E-state index in [-0.39, 0.29) is 5.91 Å². The molecule has 0 unspecified atom stereocenters. The van der Waals surface area contributed by atoms with E-state index in [1.165, 1.54) is 0 Å². The summed E-state index contributed by atoms with van der Waals surface area (Å²) in [4.78, 5) is 14.2. The van der Waals surface area contributed by atoms with E-state index in [1.54, 1.807) is 7.11 Å². The van der Waals surface area contributed by atoms with Gasteiger partial charge < -0.3 is 15.0 Å². The molecule has 2 atom stereocenters. The van der Waals surface area contributed by atoms with Gasteiger partial charge in [-0.2, -0.15) is 0 Å². The molecule has 1 N–H and O–H groups in total. The zero-order chi connectivity index (χ0) is 11.1. The highest BCUT2D eigenvalue weighted by atomic mass is 16.5. The maximum atomic E-state index is 12.2. The summed E-state index contributed by atoms with van der Waals surface area (Å²) in [6, 6.07) is 0.395. The highest BCUT2D eigenvalue weighted by Gasteiger charge is 2.44. The van der Waals surface area contributed by atoms with Crippen LogP contribution < -0.4 is 5.32 Å². The van der Waals surface area contributed by atoms with E-state index in [2.05, 4.69) is 5.32 Å². The Morgan fingerprint density at radius 2 is 2.20 bits per heavy atom. The Labute approximate surface area is 91.0 Å². The zero-order valence-corrected chi connectivity index (χ0v) is 9.75. The molecule has 1 amide bonds. The Kier molecular flexibility index (Phi) is 2.73. The average Bonchev–Trinajstić information content (AvgIpc) is 2.77. The number of rotatable bonds is 2. The fraction of sp³-hybridized carbons (Fsp3) is 0.909. The lowest BCUT2D eigenvalue weighted by Gasteiger charge is -2.31. The van der Waals surface area contributed by atoms with Crippen molar-refractivity contribution in [2.24, 2.45) is 5.92 Å². The molecular weight excluding hydrogens is 192 g/mol. The number of likely N-dealkylation sites (tertiary alicyclic amines) is 1. The van der Waals surface area contributed by atoms with Crippen molar-refractivity contribution >= 4 is 5.91 Å². The quantitative estimate of drug-likeness (QED) is 0.712. The normalized spacial score (nSPS) is 30.7. The van der Waals surface area contributed by atoms with Crippen LogP contribution in [0.15, 0.2) is 0 Å². The van der Waals surface area contributed by atoms with Gasteiger partial charge in [-0.05, 0) is 26.2 Å². The first-order chi connectivity index (χ1) is 7.06. The van der Waals surface area contributed by atoms with E-state index in [0.717, 1.165) is 26.1 Å². The van der Waals surface area contributed by atoms with Crippen molar-refractivity contribution in [2.75, 3.05) is 26.7 Å². The number of amides is 1. The first-order valence-electron chi connectivity index (χ1n) is 5.63. The third kappa shape index (κ3) is 1.76. The highest BCUT2D eigenvalue weighted by molar-refractivity contribution is 5.85. The van der Waals surface area contributed by atoms with Crippen molar-refractivity contribution < 1.29 is 9.53 Å². The van der Waals surface area contributed by atoms with Crippen LogP contribution in [0.2, 0.25) is 0 Å². The second kappa shape index (κ2) is 3.76. The third-order valence-corrected chi connectivity index (χ3v) is 3.73. The van der Waals surface area contributed by atoms with Crippen LogP contribution in [0.25, 0.3) is 0 Å². The Bertz CT molecular complexity index is 265. The molecule has 4 nitrogen and oxygen atoms in total. The van der Waals surface area contributed by atoms with Crippen LogP contribution in [0.5, 0.6) is 0 Å². The summed E-state index contributed by atoms with van der Waals surface area (Å²) < 4.78 is 5.25. The molecule has 0 aromatic heterocycles. The Hall–Kier alpha value is -0.610. The number of fused-ring (bicyclic) bond motifs is 1. The van der Waals surface area contributed by atoms with Crippen LogP contribution >= 0.6 is 0 Å². The van der Waals surface area contributed by atoms with Crippen LogP contribution in [0.4, 0.5) is 0 Å². The van der Waals surface area contributed by atoms with Gasteiger partial charge in [0.25, 0.3) is 5.91 Å². The molecule has 4 heteroatoms. The molecule has 0 spiro atoms. The van der Waals surface area contributed by atoms with Crippen molar-refractivity contribution in [3.8, 4) is 0 Å². The molecule has 2 saturated heterocycles. The average molecular weight is 212 g/mol. The summed E-state index contributed by atoms with van der Waals surface area (Å²) >= 11 is 0. The minimum Gasteiger partial charge on any atom is -0.369 e. The molecule has 15 heavy (non-hydrogen) atoms. The monoisotopic (exact) mass is 212 g/mol. The number of methoxy groups -OCH3 is 1. The topological polar surface area (TPSA) is 41.6 Å². The molecule has 2 aliphatic rings. The van der Waals surface area contributed by atoms with Crippen LogP contribution in [-0.2, 0) is 9.53 Å². The van der Waals surface area contributed by atoms with Crippen molar-refractivity contribution in [1.82, 2.24) is 10.2 Å². The molecule has 2 aliphatic heterocycles. The molecule has 0 aromatic carbocycles. The minimum absolute atomic E-state index is 0.126. The lowest BCUT2D eigenvalue weighted by atomic mass is 10.0. The van der Waals surface area contributed by atoms with Gasteiger partial charge in [0, 0.05) is 32.8 Å². The zero-order valence-electron chi connectivity index (χ0n) is 9.75. The largest absolute Gasteiger partial charge is 0.369 e. The first-order valence-corrected chi connectivity index (χ1v) is 5.63. The number of carbonyl (C=O) groups excluding carboxylic acids is 1. The lowest BCUT2D eigenvalue weighted by Crippen LogP contribution is -2.49. The summed E-state index contributed by atoms with van der Waals surface area (Å²) in [6.45, 7) is 6.57. The highest BCUT2D eigenvalue weighted by Crippen LogP contribution is 2.29. The van der Waals surface area contributed by atoms with Crippen molar-refractivity contribution in [2.45, 2.75) is 31.9 Å². The van der Waals surface area contributed by atoms with E-state index in [9.17, 15) is 4.79 Å². The summed E-state index contributed by atoms with van der Waals surface area (Å²) in [5.41, 5.74) is -0.683. The first kappa shape index (κ1) is 10.9. The van der Waals surface area contributed by atoms with Crippen LogP contribution in [-0.4, -0.2) is 49.2 Å². The van der Waals surface area contributed by atoms with Crippen molar-refractivity contribution in [3.63, 3.8) is 0 Å². The Balaban J connectivity index is 2.08. The number of hydrogen-bond acceptors (Lipinski definition) is 3. The van der Waals surface area contributed by atoms with Gasteiger partial charge in [0.1, 0.15) is 5.60 Å². The van der Waals surface area contributed by atoms with Crippen LogP contribution in [0, 0.1) is 5.92 Å². The van der Waals surface area contributed by atoms with E-state index in [4.69, 9.17) is 4.74 Å². The van der Waals surface area contributed by atoms with Gasteiger partial charge in [0.05, 0.1) is 0 Å². The molecule has 2 heterocycles. The molecule has 0 aromatic rings. The van der Waals surface area contributed by atoms with Gasteiger partial charge in [0.2, 0.25) is 0 Å². The maximum Gasteiger partial charge on any atom is 0.254 e. The summed E-state index contributed by atoms with van der Waals surface area (Å²) in [5, 5.41) is 3.34. The molecule has 0 radical (unpaired) electrons. The molecule has 0 bridgehead atoms. The van der Waals surface area contributed by atoms with Gasteiger partial charge in [0.15, 0.2) is 0 Å². The SMILES string of the molecule is COC(C)(C)C(=O)N1CC[C@H]2CNC[C@H]21. The lowest BCUT2D eigenvalue weighted by molar-refractivity contribution is -0.151. The van der Waals surface area contributed by atoms with E-state index in [0.29, 0.717) is 12.0 Å². The summed E-state index contributed by atoms with van der Waals surface area (Å²) in [7, 11) is 1.60. The standard InChI is InChI=1S/C11H20N2O2/c1-11(2,15-3)10(14)13-5-4-8-6-12-7-9(8)13/h8-9,12H,4-7H2,1-3H3/t8-,9+/m0/s1. The predicted octanol–water partition coefficient (Wildman–Crippen LogP) is 0.232. The van der Waals surface area contributed by atoms with Crippen molar-refractivity contribution in [1.29, 1.82) is 0 Å². The van der Waals surface area contributed by atoms with Gasteiger partial charge in [-0.15, -0.1) is 0 Å². The number of hydrogen-bond donors (Lipinski definition) is 1. The second-order valence-corrected chi connectivity index (χ2v) is 4.99. The second-order valence-electron chi connectivity index (χ2n) is 4.99. The van der Waals surface area contributed by atoms with Gasteiger partial charge in [-0.3, -0.25) is 4.79 Å². The Morgan fingerprint density at radius 1 is 1.47 bits per heavy atom. The molecule has 0 saturated carbocycles. The van der Waals surface area contributed by atoms with E-state index < -0.39 is 5.60 Å². The van der Waals surface area contributed by atoms with Gasteiger partial charge in [-0.25, -0.2) is 0 Å². The minimum atomic E-state index is -0.683. The fourth-order valence-electron chi connectivity index (χ4n) is 2.53. The van der Waals surface area contributed by atoms with Crippen molar-refractivity contribution in [3.05, 3.63) is 0 Å². The molecule has 2 rings (SSSR count). The van der Waals surface area contributed by atoms with Crippen LogP contribution in [0.3, 0.4) is 0 Å². The smallest absolute Gasteiger partial charge is 0.254 e. The molecular formula is C11H20N2O2. The summed E-state index contributed by atoms with van der Waals surface area (Å²) in [6.07, 6.45) is 1.13. The van der Waals surface area contributed by atoms with Gasteiger partial charge >= 0.3 is 0 Å². The maximum absolute atomic E-state index is 12.2. The van der Waals surface area contributed by atoms with Crippen LogP contribution in [0.1, 0.15) is 20.3 Å². The number of nitrogens with zero attached hydrogens (tertiary/aromatic N) is 1. The summed E-state index contributed by atoms with van der Waals surface area (Å²) in [5.74, 6) is 0.780. The number of carbonyl (C=O) groups is 1. The fourth-order valence-corrected chi connectivity index (χ4v) is 2.53. The predicted molar refractivity (Wildman–Crippen MR) is 57.6 cm³/mol. The Morgan fingerprint density at radius 3 is 2.87 bits per heavy atom. The molecule has 86 valence electrons. The van der Waals surface area contributed by atoms with E-state index >= 15 is 0 Å². The molecule has 0 aliphatic carbocycles. The number of ether oxygens (including phenoxy) is 1. The molecule has 2 fully saturated rings. The van der Waals surface area contributed by atoms with E-state index in [1.807, 2.05) is 18.7 Å². The number of nitrogens with one attached hydrogen (secondary N) is 1.